The van der Waals surface area contributed by atoms with Crippen molar-refractivity contribution in [3.05, 3.63) is 99.6 Å². The Bertz CT molecular complexity index is 1230. The van der Waals surface area contributed by atoms with Crippen molar-refractivity contribution in [2.75, 3.05) is 17.2 Å². The summed E-state index contributed by atoms with van der Waals surface area (Å²) in [7, 11) is 0. The SMILES string of the molecule is Cc1ccc(C(=O)N2CCS[C@@]23C(=O)N(Cc2ccccc2Cl)c2ccc(C)cc23)cc1. The first-order valence-corrected chi connectivity index (χ1v) is 12.0. The van der Waals surface area contributed by atoms with Gasteiger partial charge in [0.25, 0.3) is 11.8 Å². The van der Waals surface area contributed by atoms with Crippen molar-refractivity contribution < 1.29 is 9.59 Å². The second-order valence-electron chi connectivity index (χ2n) is 8.32. The van der Waals surface area contributed by atoms with E-state index >= 15 is 0 Å². The largest absolute Gasteiger partial charge is 0.311 e. The summed E-state index contributed by atoms with van der Waals surface area (Å²) in [4.78, 5) is 30.2. The van der Waals surface area contributed by atoms with E-state index < -0.39 is 4.87 Å². The Hall–Kier alpha value is -2.76. The zero-order valence-corrected chi connectivity index (χ0v) is 19.5. The molecule has 2 heterocycles. The number of aryl methyl sites for hydroxylation is 2. The molecule has 0 radical (unpaired) electrons. The molecule has 3 aromatic rings. The van der Waals surface area contributed by atoms with Gasteiger partial charge in [-0.3, -0.25) is 9.59 Å². The molecule has 1 spiro atoms. The van der Waals surface area contributed by atoms with Crippen LogP contribution in [0.2, 0.25) is 5.02 Å². The molecular formula is C26H23ClN2O2S. The van der Waals surface area contributed by atoms with E-state index in [2.05, 4.69) is 0 Å². The first kappa shape index (κ1) is 21.1. The first-order valence-electron chi connectivity index (χ1n) is 10.6. The predicted molar refractivity (Wildman–Crippen MR) is 130 cm³/mol. The fraction of sp³-hybridized carbons (Fsp3) is 0.231. The molecule has 6 heteroatoms. The first-order chi connectivity index (χ1) is 15.4. The van der Waals surface area contributed by atoms with Gasteiger partial charge in [-0.2, -0.15) is 0 Å². The van der Waals surface area contributed by atoms with E-state index in [0.717, 1.165) is 27.9 Å². The highest BCUT2D eigenvalue weighted by Gasteiger charge is 2.59. The molecule has 0 N–H and O–H groups in total. The van der Waals surface area contributed by atoms with Crippen molar-refractivity contribution >= 4 is 40.9 Å². The molecule has 0 aliphatic carbocycles. The maximum absolute atomic E-state index is 14.1. The van der Waals surface area contributed by atoms with Crippen LogP contribution in [0.5, 0.6) is 0 Å². The molecule has 4 nitrogen and oxygen atoms in total. The van der Waals surface area contributed by atoms with Gasteiger partial charge in [0.2, 0.25) is 0 Å². The van der Waals surface area contributed by atoms with Crippen molar-refractivity contribution in [1.82, 2.24) is 4.90 Å². The summed E-state index contributed by atoms with van der Waals surface area (Å²) in [5, 5.41) is 0.626. The smallest absolute Gasteiger partial charge is 0.268 e. The Kier molecular flexibility index (Phi) is 5.26. The summed E-state index contributed by atoms with van der Waals surface area (Å²) >= 11 is 7.96. The van der Waals surface area contributed by atoms with Gasteiger partial charge in [-0.15, -0.1) is 11.8 Å². The molecule has 0 saturated carbocycles. The molecule has 1 fully saturated rings. The molecule has 162 valence electrons. The van der Waals surface area contributed by atoms with E-state index in [1.165, 1.54) is 0 Å². The zero-order valence-electron chi connectivity index (χ0n) is 18.0. The van der Waals surface area contributed by atoms with Gasteiger partial charge in [0, 0.05) is 28.4 Å². The number of hydrogen-bond acceptors (Lipinski definition) is 3. The highest BCUT2D eigenvalue weighted by molar-refractivity contribution is 8.01. The Labute approximate surface area is 197 Å². The molecule has 2 aliphatic rings. The number of fused-ring (bicyclic) bond motifs is 2. The van der Waals surface area contributed by atoms with Gasteiger partial charge >= 0.3 is 0 Å². The number of thioether (sulfide) groups is 1. The van der Waals surface area contributed by atoms with Gasteiger partial charge in [0.15, 0.2) is 4.87 Å². The Balaban J connectivity index is 1.60. The molecule has 2 aliphatic heterocycles. The average Bonchev–Trinajstić information content (AvgIpc) is 3.32. The zero-order chi connectivity index (χ0) is 22.5. The van der Waals surface area contributed by atoms with E-state index in [4.69, 9.17) is 11.6 Å². The monoisotopic (exact) mass is 462 g/mol. The van der Waals surface area contributed by atoms with Crippen LogP contribution in [0.1, 0.15) is 32.6 Å². The van der Waals surface area contributed by atoms with Gasteiger partial charge < -0.3 is 9.80 Å². The summed E-state index contributed by atoms with van der Waals surface area (Å²) in [6.07, 6.45) is 0. The number of amides is 2. The molecular weight excluding hydrogens is 440 g/mol. The number of carbonyl (C=O) groups excluding carboxylic acids is 2. The molecule has 1 saturated heterocycles. The maximum atomic E-state index is 14.1. The second-order valence-corrected chi connectivity index (χ2v) is 10.0. The maximum Gasteiger partial charge on any atom is 0.268 e. The van der Waals surface area contributed by atoms with Crippen molar-refractivity contribution in [1.29, 1.82) is 0 Å². The minimum absolute atomic E-state index is 0.0824. The summed E-state index contributed by atoms with van der Waals surface area (Å²) in [6, 6.07) is 21.2. The lowest BCUT2D eigenvalue weighted by Crippen LogP contribution is -2.50. The number of carbonyl (C=O) groups is 2. The quantitative estimate of drug-likeness (QED) is 0.512. The summed E-state index contributed by atoms with van der Waals surface area (Å²) in [5.74, 6) is 0.507. The van der Waals surface area contributed by atoms with Crippen LogP contribution in [0.25, 0.3) is 0 Å². The molecule has 0 aromatic heterocycles. The highest BCUT2D eigenvalue weighted by Crippen LogP contribution is 2.55. The van der Waals surface area contributed by atoms with Crippen LogP contribution in [0.4, 0.5) is 5.69 Å². The fourth-order valence-electron chi connectivity index (χ4n) is 4.54. The third-order valence-electron chi connectivity index (χ3n) is 6.18. The lowest BCUT2D eigenvalue weighted by molar-refractivity contribution is -0.123. The van der Waals surface area contributed by atoms with Crippen LogP contribution in [0.15, 0.2) is 66.7 Å². The molecule has 5 rings (SSSR count). The van der Waals surface area contributed by atoms with Gasteiger partial charge in [0.1, 0.15) is 0 Å². The minimum atomic E-state index is -1.05. The van der Waals surface area contributed by atoms with Crippen molar-refractivity contribution in [2.24, 2.45) is 0 Å². The molecule has 32 heavy (non-hydrogen) atoms. The van der Waals surface area contributed by atoms with E-state index in [9.17, 15) is 9.59 Å². The van der Waals surface area contributed by atoms with Gasteiger partial charge in [-0.25, -0.2) is 0 Å². The number of anilines is 1. The standard InChI is InChI=1S/C26H23ClN2O2S/c1-17-7-10-19(11-8-17)24(30)29-13-14-32-26(29)21-15-18(2)9-12-23(21)28(25(26)31)16-20-5-3-4-6-22(20)27/h3-12,15H,13-14,16H2,1-2H3/t26-/m0/s1. The Morgan fingerprint density at radius 1 is 1.03 bits per heavy atom. The van der Waals surface area contributed by atoms with E-state index in [-0.39, 0.29) is 11.8 Å². The van der Waals surface area contributed by atoms with Crippen LogP contribution < -0.4 is 4.90 Å². The third-order valence-corrected chi connectivity index (χ3v) is 7.97. The van der Waals surface area contributed by atoms with E-state index in [1.54, 1.807) is 21.6 Å². The molecule has 3 aromatic carbocycles. The van der Waals surface area contributed by atoms with Gasteiger partial charge in [0.05, 0.1) is 12.2 Å². The Morgan fingerprint density at radius 2 is 1.75 bits per heavy atom. The van der Waals surface area contributed by atoms with Crippen LogP contribution in [-0.4, -0.2) is 29.0 Å². The average molecular weight is 463 g/mol. The van der Waals surface area contributed by atoms with Crippen LogP contribution in [-0.2, 0) is 16.2 Å². The lowest BCUT2D eigenvalue weighted by Gasteiger charge is -2.33. The van der Waals surface area contributed by atoms with Crippen molar-refractivity contribution in [3.8, 4) is 0 Å². The minimum Gasteiger partial charge on any atom is -0.311 e. The summed E-state index contributed by atoms with van der Waals surface area (Å²) in [5.41, 5.74) is 5.37. The summed E-state index contributed by atoms with van der Waals surface area (Å²) in [6.45, 7) is 4.90. The van der Waals surface area contributed by atoms with Crippen molar-refractivity contribution in [3.63, 3.8) is 0 Å². The van der Waals surface area contributed by atoms with Crippen LogP contribution in [0, 0.1) is 13.8 Å². The topological polar surface area (TPSA) is 40.6 Å². The number of benzene rings is 3. The molecule has 0 bridgehead atoms. The van der Waals surface area contributed by atoms with Gasteiger partial charge in [-0.1, -0.05) is 65.2 Å². The lowest BCUT2D eigenvalue weighted by atomic mass is 10.0. The normalized spacial score (nSPS) is 19.7. The van der Waals surface area contributed by atoms with E-state index in [1.807, 2.05) is 80.6 Å². The molecule has 0 unspecified atom stereocenters. The predicted octanol–water partition coefficient (Wildman–Crippen LogP) is 5.55. The fourth-order valence-corrected chi connectivity index (χ4v) is 6.18. The van der Waals surface area contributed by atoms with Crippen molar-refractivity contribution in [2.45, 2.75) is 25.3 Å². The molecule has 2 amide bonds. The molecule has 1 atom stereocenters. The number of rotatable bonds is 3. The van der Waals surface area contributed by atoms with Crippen LogP contribution in [0.3, 0.4) is 0 Å². The number of hydrogen-bond donors (Lipinski definition) is 0. The van der Waals surface area contributed by atoms with Gasteiger partial charge in [-0.05, 0) is 43.7 Å². The number of nitrogens with zero attached hydrogens (tertiary/aromatic N) is 2. The summed E-state index contributed by atoms with van der Waals surface area (Å²) < 4.78 is 0. The van der Waals surface area contributed by atoms with Crippen LogP contribution >= 0.6 is 23.4 Å². The highest BCUT2D eigenvalue weighted by atomic mass is 35.5. The second kappa shape index (κ2) is 7.98. The van der Waals surface area contributed by atoms with E-state index in [0.29, 0.717) is 29.4 Å². The Morgan fingerprint density at radius 3 is 2.50 bits per heavy atom. The third kappa shape index (κ3) is 3.23. The number of halogens is 1.